The standard InChI is InChI=1S/C16H22N4O.2ClH/c1-12-10-18-5-7-20(12)14-2-3-16(13(8-14)9-17)19-6-4-15(21)11-19;;/h2-3,8,12,15,18,21H,4-7,10-11H2,1H3;2*1H/t12-,15+;;/m0../s1. The Balaban J connectivity index is 0.00000132. The smallest absolute Gasteiger partial charge is 0.101 e. The largest absolute Gasteiger partial charge is 0.391 e. The average Bonchev–Trinajstić information content (AvgIpc) is 2.93. The average molecular weight is 359 g/mol. The highest BCUT2D eigenvalue weighted by Gasteiger charge is 2.24. The SMILES string of the molecule is C[C@H]1CNCCN1c1ccc(N2CC[C@@H](O)C2)c(C#N)c1.Cl.Cl. The summed E-state index contributed by atoms with van der Waals surface area (Å²) in [5, 5.41) is 22.5. The molecule has 5 nitrogen and oxygen atoms in total. The van der Waals surface area contributed by atoms with Crippen molar-refractivity contribution in [1.82, 2.24) is 5.32 Å². The summed E-state index contributed by atoms with van der Waals surface area (Å²) in [5.41, 5.74) is 2.76. The normalized spacial score (nSPS) is 23.7. The van der Waals surface area contributed by atoms with Crippen molar-refractivity contribution in [3.63, 3.8) is 0 Å². The highest BCUT2D eigenvalue weighted by molar-refractivity contribution is 5.85. The molecule has 2 fully saturated rings. The van der Waals surface area contributed by atoms with E-state index in [1.54, 1.807) is 0 Å². The van der Waals surface area contributed by atoms with Crippen molar-refractivity contribution in [3.8, 4) is 6.07 Å². The fourth-order valence-electron chi connectivity index (χ4n) is 3.25. The van der Waals surface area contributed by atoms with E-state index in [-0.39, 0.29) is 30.9 Å². The summed E-state index contributed by atoms with van der Waals surface area (Å²) < 4.78 is 0. The van der Waals surface area contributed by atoms with Crippen LogP contribution in [0.3, 0.4) is 0 Å². The Bertz CT molecular complexity index is 564. The highest BCUT2D eigenvalue weighted by atomic mass is 35.5. The van der Waals surface area contributed by atoms with Crippen LogP contribution in [0.25, 0.3) is 0 Å². The quantitative estimate of drug-likeness (QED) is 0.843. The van der Waals surface area contributed by atoms with E-state index in [9.17, 15) is 10.4 Å². The molecule has 2 heterocycles. The zero-order valence-electron chi connectivity index (χ0n) is 13.2. The van der Waals surface area contributed by atoms with Crippen molar-refractivity contribution in [2.45, 2.75) is 25.5 Å². The lowest BCUT2D eigenvalue weighted by Crippen LogP contribution is -2.49. The number of nitrogens with zero attached hydrogens (tertiary/aromatic N) is 3. The van der Waals surface area contributed by atoms with E-state index in [1.807, 2.05) is 12.1 Å². The number of piperazine rings is 1. The summed E-state index contributed by atoms with van der Waals surface area (Å²) in [7, 11) is 0. The maximum absolute atomic E-state index is 9.68. The van der Waals surface area contributed by atoms with E-state index in [1.165, 1.54) is 0 Å². The topological polar surface area (TPSA) is 62.5 Å². The van der Waals surface area contributed by atoms with Gasteiger partial charge in [0.1, 0.15) is 6.07 Å². The van der Waals surface area contributed by atoms with Crippen LogP contribution in [0.15, 0.2) is 18.2 Å². The molecule has 0 amide bonds. The number of hydrogen-bond donors (Lipinski definition) is 2. The van der Waals surface area contributed by atoms with Crippen molar-refractivity contribution < 1.29 is 5.11 Å². The number of halogens is 2. The van der Waals surface area contributed by atoms with Gasteiger partial charge in [-0.3, -0.25) is 0 Å². The number of hydrogen-bond acceptors (Lipinski definition) is 5. The molecular weight excluding hydrogens is 335 g/mol. The molecule has 0 radical (unpaired) electrons. The third kappa shape index (κ3) is 4.21. The maximum atomic E-state index is 9.68. The first-order valence-electron chi connectivity index (χ1n) is 7.63. The van der Waals surface area contributed by atoms with Crippen LogP contribution in [0.4, 0.5) is 11.4 Å². The maximum Gasteiger partial charge on any atom is 0.101 e. The lowest BCUT2D eigenvalue weighted by atomic mass is 10.1. The van der Waals surface area contributed by atoms with Crippen molar-refractivity contribution in [2.75, 3.05) is 42.5 Å². The predicted molar refractivity (Wildman–Crippen MR) is 98.2 cm³/mol. The van der Waals surface area contributed by atoms with Gasteiger partial charge in [0.2, 0.25) is 0 Å². The molecule has 0 spiro atoms. The third-order valence-electron chi connectivity index (χ3n) is 4.44. The summed E-state index contributed by atoms with van der Waals surface area (Å²) in [4.78, 5) is 4.45. The lowest BCUT2D eigenvalue weighted by molar-refractivity contribution is 0.198. The summed E-state index contributed by atoms with van der Waals surface area (Å²) in [6.07, 6.45) is 0.506. The third-order valence-corrected chi connectivity index (χ3v) is 4.44. The van der Waals surface area contributed by atoms with E-state index in [2.05, 4.69) is 34.2 Å². The van der Waals surface area contributed by atoms with Gasteiger partial charge in [0.05, 0.1) is 17.4 Å². The molecule has 128 valence electrons. The van der Waals surface area contributed by atoms with Gasteiger partial charge < -0.3 is 20.2 Å². The Hall–Kier alpha value is -1.19. The van der Waals surface area contributed by atoms with Crippen molar-refractivity contribution >= 4 is 36.2 Å². The molecule has 7 heteroatoms. The van der Waals surface area contributed by atoms with Crippen LogP contribution in [0.5, 0.6) is 0 Å². The molecule has 2 atom stereocenters. The second kappa shape index (κ2) is 8.60. The number of nitrogens with one attached hydrogen (secondary N) is 1. The van der Waals surface area contributed by atoms with Gasteiger partial charge in [-0.25, -0.2) is 0 Å². The molecule has 3 rings (SSSR count). The molecule has 1 aromatic carbocycles. The van der Waals surface area contributed by atoms with Crippen molar-refractivity contribution in [2.24, 2.45) is 0 Å². The van der Waals surface area contributed by atoms with Gasteiger partial charge in [0.25, 0.3) is 0 Å². The minimum absolute atomic E-state index is 0. The van der Waals surface area contributed by atoms with Crippen LogP contribution in [0.2, 0.25) is 0 Å². The van der Waals surface area contributed by atoms with Crippen molar-refractivity contribution in [1.29, 1.82) is 5.26 Å². The zero-order valence-corrected chi connectivity index (χ0v) is 14.9. The first-order chi connectivity index (χ1) is 10.2. The number of aliphatic hydroxyl groups excluding tert-OH is 1. The summed E-state index contributed by atoms with van der Waals surface area (Å²) in [6.45, 7) is 6.56. The fourth-order valence-corrected chi connectivity index (χ4v) is 3.25. The minimum atomic E-state index is -0.274. The van der Waals surface area contributed by atoms with Gasteiger partial charge in [-0.2, -0.15) is 5.26 Å². The number of β-amino-alcohol motifs (C(OH)–C–C–N with tert-alkyl or cyclic N) is 1. The van der Waals surface area contributed by atoms with Crippen LogP contribution in [0.1, 0.15) is 18.9 Å². The summed E-state index contributed by atoms with van der Waals surface area (Å²) in [6, 6.07) is 8.87. The van der Waals surface area contributed by atoms with E-state index < -0.39 is 0 Å². The Morgan fingerprint density at radius 2 is 2.09 bits per heavy atom. The Morgan fingerprint density at radius 1 is 1.30 bits per heavy atom. The van der Waals surface area contributed by atoms with Gasteiger partial charge in [-0.1, -0.05) is 0 Å². The summed E-state index contributed by atoms with van der Waals surface area (Å²) in [5.74, 6) is 0. The molecule has 2 saturated heterocycles. The van der Waals surface area contributed by atoms with Gasteiger partial charge >= 0.3 is 0 Å². The van der Waals surface area contributed by atoms with Crippen molar-refractivity contribution in [3.05, 3.63) is 23.8 Å². The Kier molecular flexibility index (Phi) is 7.43. The molecule has 0 unspecified atom stereocenters. The number of benzene rings is 1. The Morgan fingerprint density at radius 3 is 2.70 bits per heavy atom. The lowest BCUT2D eigenvalue weighted by Gasteiger charge is -2.36. The first-order valence-corrected chi connectivity index (χ1v) is 7.63. The molecule has 0 aliphatic carbocycles. The van der Waals surface area contributed by atoms with Gasteiger partial charge in [0.15, 0.2) is 0 Å². The monoisotopic (exact) mass is 358 g/mol. The zero-order chi connectivity index (χ0) is 14.8. The molecule has 0 saturated carbocycles. The number of aliphatic hydroxyl groups is 1. The molecular formula is C16H24Cl2N4O. The fraction of sp³-hybridized carbons (Fsp3) is 0.562. The van der Waals surface area contributed by atoms with E-state index in [0.717, 1.165) is 44.0 Å². The minimum Gasteiger partial charge on any atom is -0.391 e. The van der Waals surface area contributed by atoms with Gasteiger partial charge in [-0.15, -0.1) is 24.8 Å². The van der Waals surface area contributed by atoms with Crippen LogP contribution in [-0.4, -0.2) is 50.0 Å². The number of rotatable bonds is 2. The summed E-state index contributed by atoms with van der Waals surface area (Å²) >= 11 is 0. The number of anilines is 2. The molecule has 0 bridgehead atoms. The molecule has 1 aromatic rings. The van der Waals surface area contributed by atoms with Crippen LogP contribution in [0, 0.1) is 11.3 Å². The Labute approximate surface area is 150 Å². The second-order valence-corrected chi connectivity index (χ2v) is 5.95. The molecule has 2 aliphatic rings. The second-order valence-electron chi connectivity index (χ2n) is 5.95. The predicted octanol–water partition coefficient (Wildman–Crippen LogP) is 1.77. The molecule has 2 N–H and O–H groups in total. The number of nitriles is 1. The molecule has 0 aromatic heterocycles. The van der Waals surface area contributed by atoms with E-state index in [4.69, 9.17) is 0 Å². The van der Waals surface area contributed by atoms with Crippen LogP contribution >= 0.6 is 24.8 Å². The van der Waals surface area contributed by atoms with Crippen LogP contribution in [-0.2, 0) is 0 Å². The van der Waals surface area contributed by atoms with Gasteiger partial charge in [-0.05, 0) is 31.5 Å². The molecule has 23 heavy (non-hydrogen) atoms. The van der Waals surface area contributed by atoms with Gasteiger partial charge in [0, 0.05) is 44.5 Å². The highest BCUT2D eigenvalue weighted by Crippen LogP contribution is 2.29. The first kappa shape index (κ1) is 19.9. The molecule has 2 aliphatic heterocycles. The van der Waals surface area contributed by atoms with Crippen LogP contribution < -0.4 is 15.1 Å². The van der Waals surface area contributed by atoms with E-state index >= 15 is 0 Å². The van der Waals surface area contributed by atoms with E-state index in [0.29, 0.717) is 18.2 Å².